The van der Waals surface area contributed by atoms with Gasteiger partial charge in [0.15, 0.2) is 0 Å². The molecule has 1 aromatic carbocycles. The first-order valence-electron chi connectivity index (χ1n) is 15.9. The van der Waals surface area contributed by atoms with E-state index >= 15 is 0 Å². The van der Waals surface area contributed by atoms with Gasteiger partial charge >= 0.3 is 5.97 Å². The average molecular weight is 647 g/mol. The van der Waals surface area contributed by atoms with Crippen LogP contribution in [0.2, 0.25) is 0 Å². The van der Waals surface area contributed by atoms with Gasteiger partial charge in [0.2, 0.25) is 21.8 Å². The maximum atomic E-state index is 14.4. The van der Waals surface area contributed by atoms with Gasteiger partial charge in [-0.1, -0.05) is 13.8 Å². The molecule has 4 aliphatic rings. The van der Waals surface area contributed by atoms with Crippen LogP contribution in [-0.4, -0.2) is 77.2 Å². The fourth-order valence-corrected chi connectivity index (χ4v) is 10.1. The number of unbranched alkanes of at least 4 members (excludes halogenated alkanes) is 1. The van der Waals surface area contributed by atoms with E-state index in [2.05, 4.69) is 10.6 Å². The van der Waals surface area contributed by atoms with Gasteiger partial charge in [0.25, 0.3) is 5.91 Å². The molecule has 3 amide bonds. The molecule has 13 heteroatoms. The zero-order chi connectivity index (χ0) is 33.1. The average Bonchev–Trinajstić information content (AvgIpc) is 2.98. The zero-order valence-electron chi connectivity index (χ0n) is 26.2. The quantitative estimate of drug-likeness (QED) is 0.164. The maximum Gasteiger partial charge on any atom is 0.335 e. The molecule has 0 radical (unpaired) electrons. The molecule has 4 saturated carbocycles. The van der Waals surface area contributed by atoms with Crippen molar-refractivity contribution in [1.29, 1.82) is 0 Å². The minimum atomic E-state index is -4.07. The molecule has 0 aliphatic heterocycles. The maximum absolute atomic E-state index is 14.4. The second kappa shape index (κ2) is 14.0. The molecule has 45 heavy (non-hydrogen) atoms. The monoisotopic (exact) mass is 646 g/mol. The fourth-order valence-electron chi connectivity index (χ4n) is 7.59. The number of aldehydes is 1. The van der Waals surface area contributed by atoms with Gasteiger partial charge < -0.3 is 26.3 Å². The van der Waals surface area contributed by atoms with Crippen molar-refractivity contribution in [3.8, 4) is 0 Å². The Balaban J connectivity index is 1.41. The molecule has 0 unspecified atom stereocenters. The highest BCUT2D eigenvalue weighted by atomic mass is 32.2. The number of aromatic carboxylic acids is 1. The molecule has 12 nitrogen and oxygen atoms in total. The van der Waals surface area contributed by atoms with Crippen LogP contribution < -0.4 is 16.4 Å². The van der Waals surface area contributed by atoms with Gasteiger partial charge in [0.1, 0.15) is 12.3 Å². The predicted octanol–water partition coefficient (Wildman–Crippen LogP) is 2.47. The van der Waals surface area contributed by atoms with Crippen LogP contribution in [0.4, 0.5) is 0 Å². The smallest absolute Gasteiger partial charge is 0.335 e. The number of carbonyl (C=O) groups is 5. The van der Waals surface area contributed by atoms with Crippen molar-refractivity contribution in [2.24, 2.45) is 29.4 Å². The molecule has 5 rings (SSSR count). The lowest BCUT2D eigenvalue weighted by molar-refractivity contribution is -0.130. The van der Waals surface area contributed by atoms with E-state index in [1.807, 2.05) is 0 Å². The molecule has 4 aliphatic carbocycles. The number of sulfonamides is 1. The number of nitrogens with one attached hydrogen (secondary N) is 2. The summed E-state index contributed by atoms with van der Waals surface area (Å²) in [6.07, 6.45) is 6.19. The molecule has 0 spiro atoms. The molecule has 248 valence electrons. The number of nitrogens with two attached hydrogens (primary N) is 1. The lowest BCUT2D eigenvalue weighted by atomic mass is 9.56. The van der Waals surface area contributed by atoms with Gasteiger partial charge in [-0.2, -0.15) is 0 Å². The number of hydrogen-bond acceptors (Lipinski definition) is 8. The highest BCUT2D eigenvalue weighted by molar-refractivity contribution is 7.91. The number of carboxylic acids is 1. The topological polar surface area (TPSA) is 193 Å². The van der Waals surface area contributed by atoms with Crippen molar-refractivity contribution in [3.05, 3.63) is 35.4 Å². The Morgan fingerprint density at radius 3 is 1.96 bits per heavy atom. The Kier molecular flexibility index (Phi) is 10.7. The van der Waals surface area contributed by atoms with E-state index in [0.717, 1.165) is 23.6 Å². The standard InChI is InChI=1S/C32H46N4O8S/c1-19(2)27(18-37)35-28(38)20(3)34-29(39)26(33)6-4-5-11-36(30(40)24-7-9-25(10-8-24)31(41)42)45(43,44)32-15-21-12-22(16-32)14-23(13-21)17-32/h7-10,18-23,26-27H,4-6,11-17,33H2,1-3H3,(H,34,39)(H,35,38)(H,41,42)/t20-,21?,22?,23?,26-,27+,32?/m0/s1. The van der Waals surface area contributed by atoms with Gasteiger partial charge in [0, 0.05) is 12.1 Å². The number of hydrogen-bond donors (Lipinski definition) is 4. The van der Waals surface area contributed by atoms with Crippen molar-refractivity contribution >= 4 is 40.0 Å². The third kappa shape index (κ3) is 7.57. The Labute approximate surface area is 264 Å². The molecular formula is C32H46N4O8S. The zero-order valence-corrected chi connectivity index (χ0v) is 27.1. The lowest BCUT2D eigenvalue weighted by Gasteiger charge is -2.56. The number of benzene rings is 1. The van der Waals surface area contributed by atoms with E-state index in [0.29, 0.717) is 49.7 Å². The van der Waals surface area contributed by atoms with Crippen LogP contribution in [0, 0.1) is 23.7 Å². The van der Waals surface area contributed by atoms with Crippen LogP contribution in [0.3, 0.4) is 0 Å². The fraction of sp³-hybridized carbons (Fsp3) is 0.656. The Hall–Kier alpha value is -3.32. The Morgan fingerprint density at radius 1 is 0.933 bits per heavy atom. The largest absolute Gasteiger partial charge is 0.478 e. The first kappa shape index (κ1) is 34.6. The second-order valence-electron chi connectivity index (χ2n) is 13.6. The summed E-state index contributed by atoms with van der Waals surface area (Å²) in [4.78, 5) is 61.4. The van der Waals surface area contributed by atoms with Gasteiger partial charge in [-0.15, -0.1) is 0 Å². The summed E-state index contributed by atoms with van der Waals surface area (Å²) >= 11 is 0. The summed E-state index contributed by atoms with van der Waals surface area (Å²) in [5.74, 6) is -2.00. The molecule has 3 atom stereocenters. The predicted molar refractivity (Wildman–Crippen MR) is 167 cm³/mol. The van der Waals surface area contributed by atoms with Crippen LogP contribution in [0.1, 0.15) is 99.3 Å². The Bertz CT molecular complexity index is 1360. The number of rotatable bonds is 15. The van der Waals surface area contributed by atoms with Gasteiger partial charge in [-0.25, -0.2) is 17.5 Å². The third-order valence-electron chi connectivity index (χ3n) is 9.81. The van der Waals surface area contributed by atoms with Gasteiger partial charge in [-0.3, -0.25) is 14.4 Å². The third-order valence-corrected chi connectivity index (χ3v) is 12.3. The van der Waals surface area contributed by atoms with E-state index < -0.39 is 56.6 Å². The molecule has 0 aromatic heterocycles. The molecule has 5 N–H and O–H groups in total. The Morgan fingerprint density at radius 2 is 1.47 bits per heavy atom. The minimum absolute atomic E-state index is 0.00965. The SMILES string of the molecule is CC(C)[C@@H](C=O)NC(=O)[C@H](C)NC(=O)[C@@H](N)CCCCN(C(=O)c1ccc(C(=O)O)cc1)S(=O)(=O)C12CC3CC(CC(C3)C1)C2. The summed E-state index contributed by atoms with van der Waals surface area (Å²) in [6.45, 7) is 4.97. The summed E-state index contributed by atoms with van der Waals surface area (Å²) < 4.78 is 28.8. The summed E-state index contributed by atoms with van der Waals surface area (Å²) in [5.41, 5.74) is 6.17. The van der Waals surface area contributed by atoms with Crippen LogP contribution >= 0.6 is 0 Å². The van der Waals surface area contributed by atoms with Crippen molar-refractivity contribution in [3.63, 3.8) is 0 Å². The van der Waals surface area contributed by atoms with Crippen LogP contribution in [0.25, 0.3) is 0 Å². The van der Waals surface area contributed by atoms with Gasteiger partial charge in [0.05, 0.1) is 22.4 Å². The molecular weight excluding hydrogens is 600 g/mol. The van der Waals surface area contributed by atoms with Crippen LogP contribution in [0.15, 0.2) is 24.3 Å². The number of amides is 3. The second-order valence-corrected chi connectivity index (χ2v) is 15.9. The molecule has 0 saturated heterocycles. The van der Waals surface area contributed by atoms with Crippen molar-refractivity contribution in [2.75, 3.05) is 6.54 Å². The van der Waals surface area contributed by atoms with Gasteiger partial charge in [-0.05, 0) is 113 Å². The van der Waals surface area contributed by atoms with Crippen LogP contribution in [-0.2, 0) is 24.4 Å². The van der Waals surface area contributed by atoms with E-state index in [4.69, 9.17) is 5.73 Å². The molecule has 4 bridgehead atoms. The first-order valence-corrected chi connectivity index (χ1v) is 17.3. The van der Waals surface area contributed by atoms with E-state index in [1.54, 1.807) is 13.8 Å². The van der Waals surface area contributed by atoms with E-state index in [-0.39, 0.29) is 36.4 Å². The number of nitrogens with zero attached hydrogens (tertiary/aromatic N) is 1. The number of carboxylic acid groups (broad SMARTS) is 1. The summed E-state index contributed by atoms with van der Waals surface area (Å²) in [6, 6.07) is 2.67. The van der Waals surface area contributed by atoms with E-state index in [1.165, 1.54) is 31.2 Å². The lowest BCUT2D eigenvalue weighted by Crippen LogP contribution is -2.59. The first-order chi connectivity index (χ1) is 21.2. The van der Waals surface area contributed by atoms with Crippen molar-refractivity contribution in [2.45, 2.75) is 101 Å². The van der Waals surface area contributed by atoms with Crippen LogP contribution in [0.5, 0.6) is 0 Å². The normalized spacial score (nSPS) is 25.7. The van der Waals surface area contributed by atoms with Crippen molar-refractivity contribution < 1.29 is 37.5 Å². The highest BCUT2D eigenvalue weighted by Crippen LogP contribution is 2.59. The molecule has 1 aromatic rings. The highest BCUT2D eigenvalue weighted by Gasteiger charge is 2.59. The minimum Gasteiger partial charge on any atom is -0.478 e. The van der Waals surface area contributed by atoms with Crippen molar-refractivity contribution in [1.82, 2.24) is 14.9 Å². The summed E-state index contributed by atoms with van der Waals surface area (Å²) in [7, 11) is -4.07. The molecule has 4 fully saturated rings. The van der Waals surface area contributed by atoms with E-state index in [9.17, 15) is 37.5 Å². The summed E-state index contributed by atoms with van der Waals surface area (Å²) in [5, 5.41) is 14.4. The number of carbonyl (C=O) groups excluding carboxylic acids is 4. The molecule has 0 heterocycles.